The number of hydrogen-bond donors (Lipinski definition) is 2. The molecule has 170 valence electrons. The monoisotopic (exact) mass is 447 g/mol. The van der Waals surface area contributed by atoms with Crippen LogP contribution in [0, 0.1) is 12.7 Å². The van der Waals surface area contributed by atoms with E-state index in [1.165, 1.54) is 11.3 Å². The van der Waals surface area contributed by atoms with Crippen LogP contribution in [0.4, 0.5) is 4.39 Å². The van der Waals surface area contributed by atoms with Crippen LogP contribution in [-0.2, 0) is 4.74 Å². The minimum Gasteiger partial charge on any atom is -0.508 e. The van der Waals surface area contributed by atoms with Crippen molar-refractivity contribution in [1.29, 1.82) is 0 Å². The third kappa shape index (κ3) is 3.40. The molecular formula is C25H26FN5O2. The molecule has 7 nitrogen and oxygen atoms in total. The van der Waals surface area contributed by atoms with Gasteiger partial charge in [0.15, 0.2) is 5.82 Å². The van der Waals surface area contributed by atoms with Crippen LogP contribution < -0.4 is 0 Å². The third-order valence-corrected chi connectivity index (χ3v) is 7.31. The second kappa shape index (κ2) is 7.95. The van der Waals surface area contributed by atoms with E-state index in [9.17, 15) is 9.50 Å². The lowest BCUT2D eigenvalue weighted by molar-refractivity contribution is 0.0838. The van der Waals surface area contributed by atoms with Crippen LogP contribution in [0.5, 0.6) is 5.75 Å². The summed E-state index contributed by atoms with van der Waals surface area (Å²) >= 11 is 0. The summed E-state index contributed by atoms with van der Waals surface area (Å²) in [4.78, 5) is 0. The number of hydrogen-bond acceptors (Lipinski definition) is 5. The molecule has 2 aromatic heterocycles. The van der Waals surface area contributed by atoms with E-state index in [1.807, 2.05) is 24.3 Å². The maximum Gasteiger partial charge on any atom is 0.177 e. The molecule has 6 rings (SSSR count). The second-order valence-corrected chi connectivity index (χ2v) is 9.29. The van der Waals surface area contributed by atoms with Crippen molar-refractivity contribution in [3.05, 3.63) is 64.9 Å². The first kappa shape index (κ1) is 20.4. The van der Waals surface area contributed by atoms with Crippen LogP contribution >= 0.6 is 0 Å². The van der Waals surface area contributed by atoms with Crippen LogP contribution in [0.2, 0.25) is 0 Å². The highest BCUT2D eigenvalue weighted by Gasteiger charge is 2.39. The predicted octanol–water partition coefficient (Wildman–Crippen LogP) is 4.85. The minimum absolute atomic E-state index is 0.206. The van der Waals surface area contributed by atoms with Crippen molar-refractivity contribution in [2.45, 2.75) is 50.4 Å². The van der Waals surface area contributed by atoms with E-state index in [4.69, 9.17) is 4.74 Å². The number of fused-ring (bicyclic) bond motifs is 1. The van der Waals surface area contributed by atoms with Crippen molar-refractivity contribution < 1.29 is 14.2 Å². The molecule has 1 saturated carbocycles. The predicted molar refractivity (Wildman–Crippen MR) is 121 cm³/mol. The van der Waals surface area contributed by atoms with Gasteiger partial charge >= 0.3 is 0 Å². The Kier molecular flexibility index (Phi) is 4.90. The molecule has 0 spiro atoms. The summed E-state index contributed by atoms with van der Waals surface area (Å²) in [6, 6.07) is 10.9. The summed E-state index contributed by atoms with van der Waals surface area (Å²) < 4.78 is 22.1. The Morgan fingerprint density at radius 1 is 1.06 bits per heavy atom. The maximum absolute atomic E-state index is 14.1. The van der Waals surface area contributed by atoms with Gasteiger partial charge in [-0.25, -0.2) is 4.39 Å². The lowest BCUT2D eigenvalue weighted by Crippen LogP contribution is -2.24. The van der Waals surface area contributed by atoms with Gasteiger partial charge in [0.1, 0.15) is 11.6 Å². The molecule has 2 fully saturated rings. The molecule has 1 aliphatic heterocycles. The number of rotatable bonds is 4. The highest BCUT2D eigenvalue weighted by Crippen LogP contribution is 2.52. The van der Waals surface area contributed by atoms with Crippen molar-refractivity contribution in [1.82, 2.24) is 25.2 Å². The van der Waals surface area contributed by atoms with E-state index in [0.717, 1.165) is 61.3 Å². The fourth-order valence-electron chi connectivity index (χ4n) is 5.58. The Morgan fingerprint density at radius 3 is 2.61 bits per heavy atom. The van der Waals surface area contributed by atoms with Crippen molar-refractivity contribution >= 4 is 10.9 Å². The van der Waals surface area contributed by atoms with E-state index in [0.29, 0.717) is 17.4 Å². The van der Waals surface area contributed by atoms with Crippen LogP contribution in [-0.4, -0.2) is 43.5 Å². The zero-order chi connectivity index (χ0) is 22.5. The molecule has 4 aromatic rings. The summed E-state index contributed by atoms with van der Waals surface area (Å²) in [5, 5.41) is 26.1. The van der Waals surface area contributed by atoms with E-state index in [1.54, 1.807) is 19.1 Å². The SMILES string of the molecule is Cc1cc(-n2c(C3CCOCC3)c(C3CC(c4nn[nH]n4)C3)c3cc(O)ccc32)ccc1F. The van der Waals surface area contributed by atoms with Crippen molar-refractivity contribution in [3.63, 3.8) is 0 Å². The van der Waals surface area contributed by atoms with Crippen LogP contribution in [0.15, 0.2) is 36.4 Å². The first-order valence-electron chi connectivity index (χ1n) is 11.5. The van der Waals surface area contributed by atoms with Gasteiger partial charge in [-0.3, -0.25) is 0 Å². The van der Waals surface area contributed by atoms with Gasteiger partial charge in [0.05, 0.1) is 5.52 Å². The lowest BCUT2D eigenvalue weighted by atomic mass is 9.69. The van der Waals surface area contributed by atoms with E-state index in [-0.39, 0.29) is 17.5 Å². The quantitative estimate of drug-likeness (QED) is 0.467. The molecule has 2 N–H and O–H groups in total. The van der Waals surface area contributed by atoms with Gasteiger partial charge in [-0.05, 0) is 86.1 Å². The van der Waals surface area contributed by atoms with Crippen molar-refractivity contribution in [3.8, 4) is 11.4 Å². The molecule has 2 aromatic carbocycles. The Balaban J connectivity index is 1.55. The number of phenols is 1. The number of aromatic nitrogens is 5. The van der Waals surface area contributed by atoms with Gasteiger partial charge in [0, 0.05) is 41.8 Å². The molecule has 33 heavy (non-hydrogen) atoms. The standard InChI is InChI=1S/C25H26FN5O2/c1-14-10-18(2-4-21(14)26)31-22-5-3-19(32)13-20(22)23(24(31)15-6-8-33-9-7-15)16-11-17(12-16)25-27-29-30-28-25/h2-5,10,13,15-17,32H,6-9,11-12H2,1H3,(H,27,28,29,30). The van der Waals surface area contributed by atoms with Crippen LogP contribution in [0.25, 0.3) is 16.6 Å². The molecule has 0 radical (unpaired) electrons. The smallest absolute Gasteiger partial charge is 0.177 e. The minimum atomic E-state index is -0.206. The number of nitrogens with one attached hydrogen (secondary N) is 1. The van der Waals surface area contributed by atoms with Gasteiger partial charge in [0.2, 0.25) is 0 Å². The summed E-state index contributed by atoms with van der Waals surface area (Å²) in [7, 11) is 0. The number of tetrazole rings is 1. The Hall–Kier alpha value is -3.26. The average molecular weight is 448 g/mol. The van der Waals surface area contributed by atoms with Gasteiger partial charge in [-0.1, -0.05) is 5.21 Å². The molecule has 0 atom stereocenters. The average Bonchev–Trinajstić information content (AvgIpc) is 3.42. The highest BCUT2D eigenvalue weighted by molar-refractivity contribution is 5.89. The first-order chi connectivity index (χ1) is 16.1. The number of benzene rings is 2. The Morgan fingerprint density at radius 2 is 1.88 bits per heavy atom. The summed E-state index contributed by atoms with van der Waals surface area (Å²) in [5.74, 6) is 1.75. The number of aromatic amines is 1. The van der Waals surface area contributed by atoms with Crippen molar-refractivity contribution in [2.24, 2.45) is 0 Å². The molecule has 8 heteroatoms. The molecular weight excluding hydrogens is 421 g/mol. The summed E-state index contributed by atoms with van der Waals surface area (Å²) in [5.41, 5.74) is 5.16. The van der Waals surface area contributed by atoms with E-state index in [2.05, 4.69) is 25.2 Å². The van der Waals surface area contributed by atoms with Crippen LogP contribution in [0.3, 0.4) is 0 Å². The van der Waals surface area contributed by atoms with E-state index < -0.39 is 0 Å². The molecule has 2 aliphatic rings. The Labute approximate surface area is 190 Å². The first-order valence-corrected chi connectivity index (χ1v) is 11.5. The maximum atomic E-state index is 14.1. The highest BCUT2D eigenvalue weighted by atomic mass is 19.1. The van der Waals surface area contributed by atoms with Gasteiger partial charge in [-0.15, -0.1) is 10.2 Å². The van der Waals surface area contributed by atoms with Crippen molar-refractivity contribution in [2.75, 3.05) is 13.2 Å². The fourth-order valence-corrected chi connectivity index (χ4v) is 5.58. The molecule has 1 aliphatic carbocycles. The molecule has 3 heterocycles. The zero-order valence-electron chi connectivity index (χ0n) is 18.5. The van der Waals surface area contributed by atoms with Gasteiger partial charge in [0.25, 0.3) is 0 Å². The molecule has 0 amide bonds. The molecule has 0 bridgehead atoms. The number of phenolic OH excluding ortho intramolecular Hbond substituents is 1. The normalized spacial score (nSPS) is 21.4. The van der Waals surface area contributed by atoms with Gasteiger partial charge in [-0.2, -0.15) is 5.21 Å². The number of aromatic hydroxyl groups is 1. The number of aryl methyl sites for hydroxylation is 1. The third-order valence-electron chi connectivity index (χ3n) is 7.31. The second-order valence-electron chi connectivity index (χ2n) is 9.29. The number of halogens is 1. The summed E-state index contributed by atoms with van der Waals surface area (Å²) in [6.07, 6.45) is 3.76. The number of H-pyrrole nitrogens is 1. The summed E-state index contributed by atoms with van der Waals surface area (Å²) in [6.45, 7) is 3.26. The fraction of sp³-hybridized carbons (Fsp3) is 0.400. The Bertz CT molecular complexity index is 1300. The number of ether oxygens (including phenoxy) is 1. The lowest BCUT2D eigenvalue weighted by Gasteiger charge is -2.36. The molecule has 0 unspecified atom stereocenters. The molecule has 1 saturated heterocycles. The largest absolute Gasteiger partial charge is 0.508 e. The van der Waals surface area contributed by atoms with Crippen LogP contribution in [0.1, 0.15) is 66.1 Å². The topological polar surface area (TPSA) is 88.9 Å². The number of nitrogens with zero attached hydrogens (tertiary/aromatic N) is 4. The zero-order valence-corrected chi connectivity index (χ0v) is 18.5. The van der Waals surface area contributed by atoms with E-state index >= 15 is 0 Å². The van der Waals surface area contributed by atoms with Gasteiger partial charge < -0.3 is 14.4 Å².